The number of nitrogens with one attached hydrogen (secondary N) is 1. The third-order valence-electron chi connectivity index (χ3n) is 7.13. The summed E-state index contributed by atoms with van der Waals surface area (Å²) in [5.74, 6) is 1.65. The number of carbonyl (C=O) groups excluding carboxylic acids is 1. The number of piperidine rings is 1. The maximum absolute atomic E-state index is 12.7. The van der Waals surface area contributed by atoms with Gasteiger partial charge in [0.15, 0.2) is 17.6 Å². The number of aromatic nitrogens is 1. The summed E-state index contributed by atoms with van der Waals surface area (Å²) in [6.45, 7) is 6.93. The van der Waals surface area contributed by atoms with Crippen LogP contribution in [0.25, 0.3) is 10.9 Å². The summed E-state index contributed by atoms with van der Waals surface area (Å²) in [6, 6.07) is 15.4. The van der Waals surface area contributed by atoms with Crippen LogP contribution in [0.3, 0.4) is 0 Å². The van der Waals surface area contributed by atoms with E-state index in [1.165, 1.54) is 5.56 Å². The van der Waals surface area contributed by atoms with Gasteiger partial charge in [0.2, 0.25) is 0 Å². The smallest absolute Gasteiger partial charge is 0.258 e. The second-order valence-corrected chi connectivity index (χ2v) is 9.65. The van der Waals surface area contributed by atoms with Gasteiger partial charge >= 0.3 is 0 Å². The number of ether oxygens (including phenoxy) is 3. The van der Waals surface area contributed by atoms with E-state index < -0.39 is 12.0 Å². The summed E-state index contributed by atoms with van der Waals surface area (Å²) in [5.41, 5.74) is 7.28. The lowest BCUT2D eigenvalue weighted by atomic mass is 10.0. The number of carbonyl (C=O) groups is 1. The number of hydrogen-bond acceptors (Lipinski definition) is 7. The maximum Gasteiger partial charge on any atom is 0.258 e. The molecule has 2 aliphatic heterocycles. The number of likely N-dealkylation sites (tertiary alicyclic amines) is 1. The highest BCUT2D eigenvalue weighted by Gasteiger charge is 2.20. The third kappa shape index (κ3) is 5.89. The molecule has 9 nitrogen and oxygen atoms in total. The van der Waals surface area contributed by atoms with Crippen LogP contribution >= 0.6 is 0 Å². The molecule has 1 atom stereocenters. The average Bonchev–Trinajstić information content (AvgIpc) is 2.92. The Labute approximate surface area is 216 Å². The van der Waals surface area contributed by atoms with Crippen LogP contribution in [-0.2, 0) is 17.9 Å². The lowest BCUT2D eigenvalue weighted by molar-refractivity contribution is -0.123. The van der Waals surface area contributed by atoms with Crippen molar-refractivity contribution < 1.29 is 19.0 Å². The van der Waals surface area contributed by atoms with Gasteiger partial charge < -0.3 is 34.7 Å². The molecule has 0 spiro atoms. The van der Waals surface area contributed by atoms with Crippen LogP contribution in [0.1, 0.15) is 25.3 Å². The van der Waals surface area contributed by atoms with Crippen LogP contribution in [0.15, 0.2) is 53.3 Å². The number of benzene rings is 2. The standard InChI is InChI=1S/C28H34N4O5/c1-19(28(29)34)37-24-4-2-3-23-22(24)6-8-27(33)32(23)14-13-31-11-9-21(10-12-31)30-18-20-5-7-25-26(17-20)36-16-15-35-25/h2-8,17,19,21,30H,9-16,18H2,1H3,(H2,29,34). The Kier molecular flexibility index (Phi) is 7.62. The molecule has 3 aromatic rings. The predicted octanol–water partition coefficient (Wildman–Crippen LogP) is 2.28. The van der Waals surface area contributed by atoms with Crippen molar-refractivity contribution >= 4 is 16.8 Å². The zero-order valence-corrected chi connectivity index (χ0v) is 21.2. The Balaban J connectivity index is 1.15. The minimum absolute atomic E-state index is 0.0522. The molecule has 0 radical (unpaired) electrons. The average molecular weight is 507 g/mol. The van der Waals surface area contributed by atoms with Crippen LogP contribution in [0.4, 0.5) is 0 Å². The molecule has 1 unspecified atom stereocenters. The molecule has 37 heavy (non-hydrogen) atoms. The van der Waals surface area contributed by atoms with E-state index in [4.69, 9.17) is 19.9 Å². The van der Waals surface area contributed by atoms with E-state index in [0.717, 1.165) is 61.4 Å². The van der Waals surface area contributed by atoms with E-state index in [1.807, 2.05) is 18.2 Å². The fraction of sp³-hybridized carbons (Fsp3) is 0.429. The maximum atomic E-state index is 12.7. The summed E-state index contributed by atoms with van der Waals surface area (Å²) in [4.78, 5) is 26.6. The Bertz CT molecular complexity index is 1320. The molecular formula is C28H34N4O5. The van der Waals surface area contributed by atoms with Crippen LogP contribution in [0.5, 0.6) is 17.2 Å². The van der Waals surface area contributed by atoms with Crippen LogP contribution in [-0.4, -0.2) is 60.4 Å². The zero-order valence-electron chi connectivity index (χ0n) is 21.2. The van der Waals surface area contributed by atoms with Gasteiger partial charge in [0, 0.05) is 37.1 Å². The predicted molar refractivity (Wildman–Crippen MR) is 141 cm³/mol. The molecule has 1 aromatic heterocycles. The normalized spacial score (nSPS) is 17.0. The van der Waals surface area contributed by atoms with Crippen molar-refractivity contribution in [3.05, 3.63) is 64.4 Å². The van der Waals surface area contributed by atoms with Gasteiger partial charge in [-0.3, -0.25) is 9.59 Å². The lowest BCUT2D eigenvalue weighted by Gasteiger charge is -2.32. The molecule has 1 fully saturated rings. The summed E-state index contributed by atoms with van der Waals surface area (Å²) in [6.07, 6.45) is 1.35. The highest BCUT2D eigenvalue weighted by Crippen LogP contribution is 2.31. The highest BCUT2D eigenvalue weighted by atomic mass is 16.6. The van der Waals surface area contributed by atoms with Gasteiger partial charge in [-0.1, -0.05) is 12.1 Å². The van der Waals surface area contributed by atoms with Crippen LogP contribution in [0.2, 0.25) is 0 Å². The summed E-state index contributed by atoms with van der Waals surface area (Å²) >= 11 is 0. The molecule has 2 aromatic carbocycles. The minimum Gasteiger partial charge on any atom is -0.486 e. The number of nitrogens with zero attached hydrogens (tertiary/aromatic N) is 2. The number of primary amides is 1. The number of amides is 1. The first-order valence-electron chi connectivity index (χ1n) is 12.9. The largest absolute Gasteiger partial charge is 0.486 e. The Morgan fingerprint density at radius 3 is 2.65 bits per heavy atom. The van der Waals surface area contributed by atoms with E-state index in [1.54, 1.807) is 29.7 Å². The monoisotopic (exact) mass is 506 g/mol. The van der Waals surface area contributed by atoms with E-state index in [2.05, 4.69) is 22.3 Å². The van der Waals surface area contributed by atoms with E-state index >= 15 is 0 Å². The van der Waals surface area contributed by atoms with Crippen LogP contribution in [0, 0.1) is 0 Å². The Morgan fingerprint density at radius 2 is 1.86 bits per heavy atom. The van der Waals surface area contributed by atoms with Crippen molar-refractivity contribution in [1.82, 2.24) is 14.8 Å². The zero-order chi connectivity index (χ0) is 25.8. The first-order valence-corrected chi connectivity index (χ1v) is 12.9. The van der Waals surface area contributed by atoms with E-state index in [0.29, 0.717) is 31.5 Å². The second-order valence-electron chi connectivity index (χ2n) is 9.65. The molecule has 2 aliphatic rings. The first-order chi connectivity index (χ1) is 18.0. The summed E-state index contributed by atoms with van der Waals surface area (Å²) in [7, 11) is 0. The Morgan fingerprint density at radius 1 is 1.08 bits per heavy atom. The van der Waals surface area contributed by atoms with Gasteiger partial charge in [-0.25, -0.2) is 0 Å². The SMILES string of the molecule is CC(Oc1cccc2c1ccc(=O)n2CCN1CCC(NCc2ccc3c(c2)OCCO3)CC1)C(N)=O. The molecule has 0 saturated carbocycles. The molecule has 196 valence electrons. The van der Waals surface area contributed by atoms with Crippen molar-refractivity contribution in [1.29, 1.82) is 0 Å². The van der Waals surface area contributed by atoms with E-state index in [9.17, 15) is 9.59 Å². The first kappa shape index (κ1) is 25.1. The van der Waals surface area contributed by atoms with E-state index in [-0.39, 0.29) is 5.56 Å². The quantitative estimate of drug-likeness (QED) is 0.458. The van der Waals surface area contributed by atoms with Crippen molar-refractivity contribution in [2.75, 3.05) is 32.8 Å². The van der Waals surface area contributed by atoms with Gasteiger partial charge in [-0.05, 0) is 68.8 Å². The van der Waals surface area contributed by atoms with Gasteiger partial charge in [0.1, 0.15) is 19.0 Å². The number of rotatable bonds is 9. The van der Waals surface area contributed by atoms with Gasteiger partial charge in [-0.2, -0.15) is 0 Å². The van der Waals surface area contributed by atoms with Gasteiger partial charge in [0.05, 0.1) is 5.52 Å². The highest BCUT2D eigenvalue weighted by molar-refractivity contribution is 5.86. The fourth-order valence-electron chi connectivity index (χ4n) is 4.94. The molecule has 3 heterocycles. The number of nitrogens with two attached hydrogens (primary N) is 1. The molecular weight excluding hydrogens is 472 g/mol. The van der Waals surface area contributed by atoms with Crippen molar-refractivity contribution in [2.24, 2.45) is 5.73 Å². The minimum atomic E-state index is -0.754. The van der Waals surface area contributed by atoms with Crippen LogP contribution < -0.4 is 30.8 Å². The van der Waals surface area contributed by atoms with Gasteiger partial charge in [0.25, 0.3) is 11.5 Å². The second kappa shape index (κ2) is 11.2. The van der Waals surface area contributed by atoms with Gasteiger partial charge in [-0.15, -0.1) is 0 Å². The summed E-state index contributed by atoms with van der Waals surface area (Å²) < 4.78 is 18.8. The molecule has 1 amide bonds. The molecule has 9 heteroatoms. The number of pyridine rings is 1. The topological polar surface area (TPSA) is 108 Å². The third-order valence-corrected chi connectivity index (χ3v) is 7.13. The van der Waals surface area contributed by atoms with Crippen molar-refractivity contribution in [3.8, 4) is 17.2 Å². The molecule has 0 bridgehead atoms. The fourth-order valence-corrected chi connectivity index (χ4v) is 4.94. The molecule has 3 N–H and O–H groups in total. The number of hydrogen-bond donors (Lipinski definition) is 2. The van der Waals surface area contributed by atoms with Crippen molar-refractivity contribution in [3.63, 3.8) is 0 Å². The Hall–Kier alpha value is -3.56. The van der Waals surface area contributed by atoms with Crippen molar-refractivity contribution in [2.45, 2.75) is 45.0 Å². The molecule has 5 rings (SSSR count). The molecule has 0 aliphatic carbocycles. The number of fused-ring (bicyclic) bond motifs is 2. The lowest BCUT2D eigenvalue weighted by Crippen LogP contribution is -2.43. The summed E-state index contributed by atoms with van der Waals surface area (Å²) in [5, 5.41) is 4.47. The molecule has 1 saturated heterocycles.